The highest BCUT2D eigenvalue weighted by atomic mass is 16.2. The first-order valence-electron chi connectivity index (χ1n) is 13.0. The van der Waals surface area contributed by atoms with Gasteiger partial charge in [-0.05, 0) is 41.2 Å². The summed E-state index contributed by atoms with van der Waals surface area (Å²) in [7, 11) is 0. The zero-order chi connectivity index (χ0) is 29.8. The number of hydrogen-bond donors (Lipinski definition) is 7. The number of hydrazine groups is 1. The van der Waals surface area contributed by atoms with Crippen molar-refractivity contribution in [1.29, 1.82) is 0 Å². The van der Waals surface area contributed by atoms with Crippen LogP contribution >= 0.6 is 0 Å². The molecule has 2 amide bonds. The zero-order valence-electron chi connectivity index (χ0n) is 22.3. The number of nitrogens with two attached hydrogens (primary N) is 3. The number of hydrogen-bond acceptors (Lipinski definition) is 11. The van der Waals surface area contributed by atoms with Gasteiger partial charge in [-0.15, -0.1) is 0 Å². The molecule has 1 unspecified atom stereocenters. The average molecular weight is 569 g/mol. The van der Waals surface area contributed by atoms with E-state index in [1.54, 1.807) is 6.07 Å². The van der Waals surface area contributed by atoms with Crippen LogP contribution in [0.4, 0.5) is 11.4 Å². The molecule has 0 aliphatic heterocycles. The SMILES string of the molecule is N/N=C(\NN)c1ccc2c(c1)CCC2NC(=O)c1cc(C(=O)NCc2cccc(CNc3c(N)c(=O)c3=O)c2)ncn1. The van der Waals surface area contributed by atoms with Crippen LogP contribution in [0.3, 0.4) is 0 Å². The standard InChI is InChI=1S/C28H28N10O4/c29-22-23(25(40)24(22)39)32-11-14-2-1-3-15(8-14)12-33-27(41)20-10-21(35-13-34-20)28(42)36-19-7-5-16-9-17(4-6-18(16)19)26(37-30)38-31/h1-4,6,8-10,13,19,32H,5,7,11-12,29-31H2,(H,33,41)(H,36,42)(H,37,38). The Balaban J connectivity index is 1.18. The Kier molecular flexibility index (Phi) is 7.88. The Morgan fingerprint density at radius 3 is 2.40 bits per heavy atom. The van der Waals surface area contributed by atoms with Gasteiger partial charge in [0.1, 0.15) is 29.1 Å². The van der Waals surface area contributed by atoms with Gasteiger partial charge in [0, 0.05) is 24.7 Å². The Bertz CT molecular complexity index is 1780. The number of benzene rings is 2. The molecule has 14 heteroatoms. The number of amides is 2. The minimum Gasteiger partial charge on any atom is -0.394 e. The molecule has 0 fully saturated rings. The Labute approximate surface area is 239 Å². The number of fused-ring (bicyclic) bond motifs is 1. The van der Waals surface area contributed by atoms with Crippen molar-refractivity contribution >= 4 is 29.0 Å². The first kappa shape index (κ1) is 27.9. The molecule has 1 aromatic heterocycles. The number of anilines is 2. The summed E-state index contributed by atoms with van der Waals surface area (Å²) >= 11 is 0. The Morgan fingerprint density at radius 1 is 0.952 bits per heavy atom. The van der Waals surface area contributed by atoms with Gasteiger partial charge in [-0.25, -0.2) is 15.8 Å². The van der Waals surface area contributed by atoms with Crippen LogP contribution in [0.1, 0.15) is 61.3 Å². The van der Waals surface area contributed by atoms with Crippen molar-refractivity contribution in [3.63, 3.8) is 0 Å². The van der Waals surface area contributed by atoms with Crippen LogP contribution in [0.15, 0.2) is 69.5 Å². The van der Waals surface area contributed by atoms with Crippen LogP contribution in [-0.4, -0.2) is 27.6 Å². The predicted octanol–water partition coefficient (Wildman–Crippen LogP) is -0.302. The maximum Gasteiger partial charge on any atom is 0.270 e. The lowest BCUT2D eigenvalue weighted by Crippen LogP contribution is -2.36. The van der Waals surface area contributed by atoms with E-state index in [0.29, 0.717) is 12.3 Å². The van der Waals surface area contributed by atoms with Gasteiger partial charge in [-0.3, -0.25) is 19.2 Å². The molecule has 1 aliphatic rings. The molecule has 0 saturated heterocycles. The molecule has 5 rings (SSSR count). The summed E-state index contributed by atoms with van der Waals surface area (Å²) < 4.78 is 0. The van der Waals surface area contributed by atoms with Crippen molar-refractivity contribution in [3.05, 3.63) is 115 Å². The van der Waals surface area contributed by atoms with Gasteiger partial charge in [0.05, 0.1) is 6.04 Å². The van der Waals surface area contributed by atoms with E-state index in [1.807, 2.05) is 36.4 Å². The fourth-order valence-electron chi connectivity index (χ4n) is 4.85. The Hall–Kier alpha value is -5.63. The molecule has 0 spiro atoms. The molecule has 214 valence electrons. The normalized spacial score (nSPS) is 14.3. The smallest absolute Gasteiger partial charge is 0.270 e. The molecule has 4 aromatic rings. The van der Waals surface area contributed by atoms with Crippen LogP contribution in [0.25, 0.3) is 0 Å². The molecular formula is C28H28N10O4. The summed E-state index contributed by atoms with van der Waals surface area (Å²) in [6.07, 6.45) is 2.61. The number of amidine groups is 1. The van der Waals surface area contributed by atoms with Gasteiger partial charge in [0.25, 0.3) is 22.7 Å². The highest BCUT2D eigenvalue weighted by Gasteiger charge is 2.26. The van der Waals surface area contributed by atoms with Crippen LogP contribution in [0.5, 0.6) is 0 Å². The second-order valence-electron chi connectivity index (χ2n) is 9.69. The summed E-state index contributed by atoms with van der Waals surface area (Å²) in [5.41, 5.74) is 11.2. The van der Waals surface area contributed by atoms with Gasteiger partial charge in [-0.1, -0.05) is 36.4 Å². The lowest BCUT2D eigenvalue weighted by Gasteiger charge is -2.15. The van der Waals surface area contributed by atoms with Crippen molar-refractivity contribution in [2.75, 3.05) is 11.1 Å². The van der Waals surface area contributed by atoms with Gasteiger partial charge < -0.3 is 33.0 Å². The number of carbonyl (C=O) groups excluding carboxylic acids is 2. The average Bonchev–Trinajstić information content (AvgIpc) is 3.42. The van der Waals surface area contributed by atoms with E-state index in [2.05, 4.69) is 36.4 Å². The molecular weight excluding hydrogens is 540 g/mol. The van der Waals surface area contributed by atoms with E-state index in [0.717, 1.165) is 34.2 Å². The second-order valence-corrected chi connectivity index (χ2v) is 9.69. The van der Waals surface area contributed by atoms with Gasteiger partial charge >= 0.3 is 0 Å². The molecule has 1 atom stereocenters. The van der Waals surface area contributed by atoms with Gasteiger partial charge in [-0.2, -0.15) is 5.10 Å². The molecule has 14 nitrogen and oxygen atoms in total. The number of aromatic nitrogens is 2. The number of nitrogens with zero attached hydrogens (tertiary/aromatic N) is 3. The molecule has 1 aliphatic carbocycles. The fraction of sp³-hybridized carbons (Fsp3) is 0.179. The van der Waals surface area contributed by atoms with E-state index in [4.69, 9.17) is 17.4 Å². The van der Waals surface area contributed by atoms with Crippen molar-refractivity contribution in [3.8, 4) is 0 Å². The highest BCUT2D eigenvalue weighted by molar-refractivity contribution is 5.99. The third kappa shape index (κ3) is 5.64. The van der Waals surface area contributed by atoms with Crippen molar-refractivity contribution in [1.82, 2.24) is 26.0 Å². The molecule has 0 radical (unpaired) electrons. The van der Waals surface area contributed by atoms with Crippen LogP contribution in [0.2, 0.25) is 0 Å². The summed E-state index contributed by atoms with van der Waals surface area (Å²) in [5, 5.41) is 12.3. The largest absolute Gasteiger partial charge is 0.394 e. The van der Waals surface area contributed by atoms with Crippen LogP contribution in [0, 0.1) is 0 Å². The molecule has 42 heavy (non-hydrogen) atoms. The quantitative estimate of drug-likeness (QED) is 0.0455. The highest BCUT2D eigenvalue weighted by Crippen LogP contribution is 2.32. The number of aryl methyl sites for hydroxylation is 1. The summed E-state index contributed by atoms with van der Waals surface area (Å²) in [4.78, 5) is 56.8. The first-order valence-corrected chi connectivity index (χ1v) is 13.0. The molecule has 3 aromatic carbocycles. The maximum atomic E-state index is 13.0. The molecule has 0 bridgehead atoms. The third-order valence-corrected chi connectivity index (χ3v) is 7.06. The monoisotopic (exact) mass is 568 g/mol. The van der Waals surface area contributed by atoms with Crippen molar-refractivity contribution in [2.24, 2.45) is 16.8 Å². The van der Waals surface area contributed by atoms with Crippen molar-refractivity contribution in [2.45, 2.75) is 32.0 Å². The number of rotatable bonds is 9. The summed E-state index contributed by atoms with van der Waals surface area (Å²) in [6, 6.07) is 14.1. The number of carbonyl (C=O) groups is 2. The lowest BCUT2D eigenvalue weighted by molar-refractivity contribution is 0.0931. The summed E-state index contributed by atoms with van der Waals surface area (Å²) in [6.45, 7) is 0.472. The maximum absolute atomic E-state index is 13.0. The van der Waals surface area contributed by atoms with E-state index in [9.17, 15) is 19.2 Å². The van der Waals surface area contributed by atoms with Crippen molar-refractivity contribution < 1.29 is 9.59 Å². The zero-order valence-corrected chi connectivity index (χ0v) is 22.3. The van der Waals surface area contributed by atoms with E-state index >= 15 is 0 Å². The number of nitrogens with one attached hydrogen (secondary N) is 4. The Morgan fingerprint density at radius 2 is 1.69 bits per heavy atom. The van der Waals surface area contributed by atoms with Gasteiger partial charge in [0.2, 0.25) is 0 Å². The molecule has 10 N–H and O–H groups in total. The second kappa shape index (κ2) is 11.9. The number of hydrazone groups is 1. The topological polar surface area (TPSA) is 233 Å². The van der Waals surface area contributed by atoms with E-state index in [-0.39, 0.29) is 41.9 Å². The third-order valence-electron chi connectivity index (χ3n) is 7.06. The van der Waals surface area contributed by atoms with E-state index in [1.165, 1.54) is 12.4 Å². The predicted molar refractivity (Wildman–Crippen MR) is 156 cm³/mol. The minimum atomic E-state index is -0.684. The summed E-state index contributed by atoms with van der Waals surface area (Å²) in [5.74, 6) is 10.3. The van der Waals surface area contributed by atoms with E-state index < -0.39 is 22.7 Å². The van der Waals surface area contributed by atoms with Crippen LogP contribution in [-0.2, 0) is 19.5 Å². The van der Waals surface area contributed by atoms with Gasteiger partial charge in [0.15, 0.2) is 5.84 Å². The van der Waals surface area contributed by atoms with Crippen LogP contribution < -0.4 is 49.7 Å². The molecule has 1 heterocycles. The minimum absolute atomic E-state index is 0.0443. The molecule has 0 saturated carbocycles. The lowest BCUT2D eigenvalue weighted by atomic mass is 10.0. The first-order chi connectivity index (χ1) is 20.3. The fourth-order valence-corrected chi connectivity index (χ4v) is 4.85. The number of nitrogen functional groups attached to an aromatic ring is 1.